The summed E-state index contributed by atoms with van der Waals surface area (Å²) in [5, 5.41) is 0. The highest BCUT2D eigenvalue weighted by molar-refractivity contribution is 5.95. The summed E-state index contributed by atoms with van der Waals surface area (Å²) in [5.41, 5.74) is 1.55. The van der Waals surface area contributed by atoms with Gasteiger partial charge in [0.05, 0.1) is 0 Å². The quantitative estimate of drug-likeness (QED) is 0.399. The first-order chi connectivity index (χ1) is 10.4. The minimum absolute atomic E-state index is 0.000388. The van der Waals surface area contributed by atoms with Gasteiger partial charge in [0.25, 0.3) is 0 Å². The first kappa shape index (κ1) is 18.2. The van der Waals surface area contributed by atoms with Gasteiger partial charge >= 0.3 is 5.97 Å². The third-order valence-corrected chi connectivity index (χ3v) is 3.23. The Morgan fingerprint density at radius 1 is 1.23 bits per heavy atom. The number of ketones is 1. The van der Waals surface area contributed by atoms with Crippen LogP contribution in [0.3, 0.4) is 0 Å². The Morgan fingerprint density at radius 2 is 1.95 bits per heavy atom. The molecule has 122 valence electrons. The molecule has 0 N–H and O–H groups in total. The fourth-order valence-electron chi connectivity index (χ4n) is 2.13. The van der Waals surface area contributed by atoms with Gasteiger partial charge in [-0.3, -0.25) is 9.59 Å². The van der Waals surface area contributed by atoms with Crippen LogP contribution in [0.4, 0.5) is 0 Å². The Labute approximate surface area is 131 Å². The molecule has 0 spiro atoms. The summed E-state index contributed by atoms with van der Waals surface area (Å²) in [6.07, 6.45) is 1.12. The monoisotopic (exact) mass is 308 g/mol. The maximum Gasteiger partial charge on any atom is 0.303 e. The van der Waals surface area contributed by atoms with Crippen LogP contribution in [0.15, 0.2) is 18.2 Å². The second-order valence-electron chi connectivity index (χ2n) is 5.21. The highest BCUT2D eigenvalue weighted by Gasteiger charge is 2.14. The molecule has 1 unspecified atom stereocenters. The van der Waals surface area contributed by atoms with E-state index in [4.69, 9.17) is 14.2 Å². The zero-order chi connectivity index (χ0) is 16.5. The fourth-order valence-corrected chi connectivity index (χ4v) is 2.13. The third kappa shape index (κ3) is 6.26. The van der Waals surface area contributed by atoms with Crippen molar-refractivity contribution in [1.82, 2.24) is 0 Å². The Hall–Kier alpha value is -1.88. The van der Waals surface area contributed by atoms with E-state index in [9.17, 15) is 9.59 Å². The minimum atomic E-state index is -0.334. The van der Waals surface area contributed by atoms with Gasteiger partial charge in [-0.05, 0) is 44.4 Å². The van der Waals surface area contributed by atoms with Gasteiger partial charge in [0, 0.05) is 26.2 Å². The second-order valence-corrected chi connectivity index (χ2v) is 5.21. The Kier molecular flexibility index (Phi) is 7.60. The summed E-state index contributed by atoms with van der Waals surface area (Å²) in [5.74, 6) is 0.263. The van der Waals surface area contributed by atoms with Gasteiger partial charge in [0.15, 0.2) is 5.78 Å². The van der Waals surface area contributed by atoms with E-state index < -0.39 is 0 Å². The molecule has 0 aromatic heterocycles. The average molecular weight is 308 g/mol. The van der Waals surface area contributed by atoms with E-state index in [0.29, 0.717) is 24.3 Å². The molecule has 22 heavy (non-hydrogen) atoms. The molecule has 5 nitrogen and oxygen atoms in total. The van der Waals surface area contributed by atoms with Gasteiger partial charge in [-0.1, -0.05) is 6.07 Å². The first-order valence-corrected chi connectivity index (χ1v) is 7.34. The lowest BCUT2D eigenvalue weighted by atomic mass is 10.1. The van der Waals surface area contributed by atoms with Crippen molar-refractivity contribution in [3.8, 4) is 5.75 Å². The van der Waals surface area contributed by atoms with Crippen molar-refractivity contribution in [2.45, 2.75) is 39.7 Å². The third-order valence-electron chi connectivity index (χ3n) is 3.23. The number of aryl methyl sites for hydroxylation is 1. The van der Waals surface area contributed by atoms with Gasteiger partial charge in [0.2, 0.25) is 0 Å². The summed E-state index contributed by atoms with van der Waals surface area (Å²) in [7, 11) is 1.63. The lowest BCUT2D eigenvalue weighted by molar-refractivity contribution is -0.148. The molecule has 1 aromatic rings. The van der Waals surface area contributed by atoms with Crippen molar-refractivity contribution in [2.75, 3.05) is 20.3 Å². The minimum Gasteiger partial charge on any atom is -0.490 e. The molecular weight excluding hydrogens is 284 g/mol. The largest absolute Gasteiger partial charge is 0.490 e. The molecule has 1 aromatic carbocycles. The van der Waals surface area contributed by atoms with E-state index in [1.54, 1.807) is 13.2 Å². The maximum absolute atomic E-state index is 11.5. The topological polar surface area (TPSA) is 61.8 Å². The van der Waals surface area contributed by atoms with E-state index in [2.05, 4.69) is 0 Å². The SMILES string of the molecule is COCCCC(COc1ccc(C)c(C(C)=O)c1)OC(C)=O. The smallest absolute Gasteiger partial charge is 0.303 e. The van der Waals surface area contributed by atoms with Crippen molar-refractivity contribution in [2.24, 2.45) is 0 Å². The lowest BCUT2D eigenvalue weighted by Crippen LogP contribution is -2.24. The van der Waals surface area contributed by atoms with Crippen molar-refractivity contribution in [3.05, 3.63) is 29.3 Å². The normalized spacial score (nSPS) is 11.8. The predicted octanol–water partition coefficient (Wildman–Crippen LogP) is 2.93. The van der Waals surface area contributed by atoms with Crippen LogP contribution in [0.1, 0.15) is 42.6 Å². The van der Waals surface area contributed by atoms with Crippen molar-refractivity contribution in [3.63, 3.8) is 0 Å². The Morgan fingerprint density at radius 3 is 2.55 bits per heavy atom. The van der Waals surface area contributed by atoms with Crippen LogP contribution < -0.4 is 4.74 Å². The molecule has 0 bridgehead atoms. The van der Waals surface area contributed by atoms with Crippen LogP contribution in [-0.4, -0.2) is 38.2 Å². The van der Waals surface area contributed by atoms with E-state index >= 15 is 0 Å². The number of hydrogen-bond acceptors (Lipinski definition) is 5. The second kappa shape index (κ2) is 9.20. The molecule has 0 radical (unpaired) electrons. The fraction of sp³-hybridized carbons (Fsp3) is 0.529. The number of esters is 1. The standard InChI is InChI=1S/C17H24O5/c1-12-7-8-15(10-17(12)13(2)18)21-11-16(22-14(3)19)6-5-9-20-4/h7-8,10,16H,5-6,9,11H2,1-4H3. The van der Waals surface area contributed by atoms with Crippen LogP contribution in [0.5, 0.6) is 5.75 Å². The van der Waals surface area contributed by atoms with Crippen molar-refractivity contribution in [1.29, 1.82) is 0 Å². The molecule has 0 aliphatic carbocycles. The summed E-state index contributed by atoms with van der Waals surface area (Å²) < 4.78 is 15.9. The molecule has 0 aliphatic heterocycles. The Bertz CT molecular complexity index is 510. The highest BCUT2D eigenvalue weighted by atomic mass is 16.6. The van der Waals surface area contributed by atoms with Gasteiger partial charge in [-0.15, -0.1) is 0 Å². The Balaban J connectivity index is 2.65. The molecule has 0 saturated heterocycles. The molecule has 0 amide bonds. The molecule has 1 atom stereocenters. The van der Waals surface area contributed by atoms with E-state index in [1.165, 1.54) is 13.8 Å². The first-order valence-electron chi connectivity index (χ1n) is 7.34. The molecule has 0 aliphatic rings. The van der Waals surface area contributed by atoms with Gasteiger partial charge in [-0.25, -0.2) is 0 Å². The van der Waals surface area contributed by atoms with Crippen LogP contribution in [0.2, 0.25) is 0 Å². The molecule has 0 fully saturated rings. The number of hydrogen-bond donors (Lipinski definition) is 0. The maximum atomic E-state index is 11.5. The van der Waals surface area contributed by atoms with Gasteiger partial charge in [0.1, 0.15) is 18.5 Å². The average Bonchev–Trinajstić information content (AvgIpc) is 2.45. The number of Topliss-reactive ketones (excluding diaryl/α,β-unsaturated/α-hetero) is 1. The molecule has 0 heterocycles. The van der Waals surface area contributed by atoms with Crippen molar-refractivity contribution < 1.29 is 23.8 Å². The summed E-state index contributed by atoms with van der Waals surface area (Å²) in [6.45, 7) is 5.65. The zero-order valence-corrected chi connectivity index (χ0v) is 13.7. The summed E-state index contributed by atoms with van der Waals surface area (Å²) in [4.78, 5) is 22.7. The van der Waals surface area contributed by atoms with E-state index in [1.807, 2.05) is 19.1 Å². The van der Waals surface area contributed by atoms with Crippen molar-refractivity contribution >= 4 is 11.8 Å². The number of methoxy groups -OCH3 is 1. The summed E-state index contributed by atoms with van der Waals surface area (Å²) in [6, 6.07) is 5.37. The van der Waals surface area contributed by atoms with Gasteiger partial charge in [-0.2, -0.15) is 0 Å². The van der Waals surface area contributed by atoms with Crippen LogP contribution >= 0.6 is 0 Å². The van der Waals surface area contributed by atoms with E-state index in [-0.39, 0.29) is 24.5 Å². The molecule has 5 heteroatoms. The number of ether oxygens (including phenoxy) is 3. The number of carbonyl (C=O) groups excluding carboxylic acids is 2. The van der Waals surface area contributed by atoms with Crippen LogP contribution in [0, 0.1) is 6.92 Å². The number of benzene rings is 1. The van der Waals surface area contributed by atoms with E-state index in [0.717, 1.165) is 12.0 Å². The molecular formula is C17H24O5. The lowest BCUT2D eigenvalue weighted by Gasteiger charge is -2.18. The zero-order valence-electron chi connectivity index (χ0n) is 13.7. The molecule has 0 saturated carbocycles. The number of carbonyl (C=O) groups is 2. The highest BCUT2D eigenvalue weighted by Crippen LogP contribution is 2.19. The van der Waals surface area contributed by atoms with Gasteiger partial charge < -0.3 is 14.2 Å². The molecule has 1 rings (SSSR count). The number of rotatable bonds is 9. The van der Waals surface area contributed by atoms with Crippen LogP contribution in [-0.2, 0) is 14.3 Å². The summed E-state index contributed by atoms with van der Waals surface area (Å²) >= 11 is 0. The predicted molar refractivity (Wildman–Crippen MR) is 83.3 cm³/mol. The van der Waals surface area contributed by atoms with Crippen LogP contribution in [0.25, 0.3) is 0 Å².